The number of hydrogen-bond acceptors (Lipinski definition) is 2. The molecule has 0 fully saturated rings. The largest absolute Gasteiger partial charge is 0.456 e. The molecule has 4 heteroatoms. The molecule has 0 aliphatic heterocycles. The quantitative estimate of drug-likeness (QED) is 0.188. The SMILES string of the molecule is Cn1c2ccncc2c2cc(-n3c4ccc(-c5ccccc5)cc4c4cc(-c5cccc(-c6ccc7oc8ccccc8c7c6)c5)ccc43)ccc21. The molecule has 11 aromatic rings. The molecular formula is C48H31N3O. The van der Waals surface area contributed by atoms with Crippen molar-refractivity contribution in [1.82, 2.24) is 14.1 Å². The molecule has 0 radical (unpaired) electrons. The topological polar surface area (TPSA) is 35.9 Å². The molecule has 7 aromatic carbocycles. The molecule has 4 nitrogen and oxygen atoms in total. The monoisotopic (exact) mass is 665 g/mol. The summed E-state index contributed by atoms with van der Waals surface area (Å²) < 4.78 is 10.8. The number of aryl methyl sites for hydroxylation is 1. The van der Waals surface area contributed by atoms with Crippen LogP contribution < -0.4 is 0 Å². The first kappa shape index (κ1) is 28.9. The predicted molar refractivity (Wildman–Crippen MR) is 216 cm³/mol. The molecule has 0 bridgehead atoms. The minimum absolute atomic E-state index is 0.911. The lowest BCUT2D eigenvalue weighted by molar-refractivity contribution is 0.669. The Kier molecular flexibility index (Phi) is 6.13. The summed E-state index contributed by atoms with van der Waals surface area (Å²) in [5.41, 5.74) is 14.8. The van der Waals surface area contributed by atoms with E-state index in [0.717, 1.165) is 33.0 Å². The maximum absolute atomic E-state index is 6.12. The molecule has 0 aliphatic carbocycles. The van der Waals surface area contributed by atoms with E-state index >= 15 is 0 Å². The molecular weight excluding hydrogens is 635 g/mol. The van der Waals surface area contributed by atoms with Crippen LogP contribution in [-0.4, -0.2) is 14.1 Å². The second-order valence-electron chi connectivity index (χ2n) is 13.7. The van der Waals surface area contributed by atoms with E-state index < -0.39 is 0 Å². The van der Waals surface area contributed by atoms with Gasteiger partial charge in [-0.2, -0.15) is 0 Å². The Morgan fingerprint density at radius 2 is 0.981 bits per heavy atom. The van der Waals surface area contributed by atoms with Gasteiger partial charge >= 0.3 is 0 Å². The van der Waals surface area contributed by atoms with Gasteiger partial charge in [0.05, 0.1) is 16.6 Å². The van der Waals surface area contributed by atoms with E-state index in [-0.39, 0.29) is 0 Å². The van der Waals surface area contributed by atoms with Crippen molar-refractivity contribution in [3.05, 3.63) is 170 Å². The average Bonchev–Trinajstić information content (AvgIpc) is 3.84. The molecule has 4 heterocycles. The first-order valence-corrected chi connectivity index (χ1v) is 17.7. The summed E-state index contributed by atoms with van der Waals surface area (Å²) >= 11 is 0. The Hall–Kier alpha value is -6.91. The van der Waals surface area contributed by atoms with E-state index in [1.165, 1.54) is 71.6 Å². The molecule has 0 aliphatic rings. The van der Waals surface area contributed by atoms with Crippen LogP contribution >= 0.6 is 0 Å². The van der Waals surface area contributed by atoms with Crippen molar-refractivity contribution in [3.63, 3.8) is 0 Å². The fraction of sp³-hybridized carbons (Fsp3) is 0.0208. The van der Waals surface area contributed by atoms with Crippen LogP contribution in [0.1, 0.15) is 0 Å². The summed E-state index contributed by atoms with van der Waals surface area (Å²) in [4.78, 5) is 4.47. The van der Waals surface area contributed by atoms with Crippen molar-refractivity contribution in [2.75, 3.05) is 0 Å². The van der Waals surface area contributed by atoms with Crippen LogP contribution in [-0.2, 0) is 7.05 Å². The zero-order chi connectivity index (χ0) is 34.3. The third-order valence-corrected chi connectivity index (χ3v) is 10.8. The van der Waals surface area contributed by atoms with Crippen molar-refractivity contribution in [3.8, 4) is 39.1 Å². The van der Waals surface area contributed by atoms with Crippen LogP contribution in [0.15, 0.2) is 175 Å². The molecule has 0 saturated heterocycles. The van der Waals surface area contributed by atoms with Crippen molar-refractivity contribution in [1.29, 1.82) is 0 Å². The van der Waals surface area contributed by atoms with Gasteiger partial charge in [0.25, 0.3) is 0 Å². The summed E-state index contributed by atoms with van der Waals surface area (Å²) in [7, 11) is 2.13. The van der Waals surface area contributed by atoms with Gasteiger partial charge in [0.15, 0.2) is 0 Å². The summed E-state index contributed by atoms with van der Waals surface area (Å²) in [5, 5.41) is 7.10. The van der Waals surface area contributed by atoms with Crippen LogP contribution in [0.25, 0.3) is 105 Å². The zero-order valence-corrected chi connectivity index (χ0v) is 28.4. The number of furan rings is 1. The van der Waals surface area contributed by atoms with Gasteiger partial charge < -0.3 is 13.6 Å². The Morgan fingerprint density at radius 3 is 1.77 bits per heavy atom. The number of para-hydroxylation sites is 1. The summed E-state index contributed by atoms with van der Waals surface area (Å²) in [5.74, 6) is 0. The molecule has 0 amide bonds. The van der Waals surface area contributed by atoms with Crippen molar-refractivity contribution < 1.29 is 4.42 Å². The van der Waals surface area contributed by atoms with Gasteiger partial charge in [-0.15, -0.1) is 0 Å². The van der Waals surface area contributed by atoms with Crippen LogP contribution in [0.5, 0.6) is 0 Å². The molecule has 244 valence electrons. The maximum Gasteiger partial charge on any atom is 0.135 e. The van der Waals surface area contributed by atoms with Crippen LogP contribution in [0, 0.1) is 0 Å². The molecule has 0 unspecified atom stereocenters. The molecule has 0 spiro atoms. The highest BCUT2D eigenvalue weighted by Gasteiger charge is 2.17. The number of fused-ring (bicyclic) bond motifs is 9. The van der Waals surface area contributed by atoms with E-state index in [1.807, 2.05) is 24.5 Å². The van der Waals surface area contributed by atoms with Gasteiger partial charge in [0, 0.05) is 63.0 Å². The lowest BCUT2D eigenvalue weighted by Crippen LogP contribution is -1.94. The predicted octanol–water partition coefficient (Wildman–Crippen LogP) is 12.7. The van der Waals surface area contributed by atoms with E-state index in [0.29, 0.717) is 0 Å². The number of aromatic nitrogens is 3. The van der Waals surface area contributed by atoms with Crippen molar-refractivity contribution in [2.24, 2.45) is 7.05 Å². The molecule has 4 aromatic heterocycles. The third kappa shape index (κ3) is 4.31. The minimum Gasteiger partial charge on any atom is -0.456 e. The van der Waals surface area contributed by atoms with Gasteiger partial charge in [-0.1, -0.05) is 84.9 Å². The van der Waals surface area contributed by atoms with Gasteiger partial charge in [-0.3, -0.25) is 4.98 Å². The van der Waals surface area contributed by atoms with E-state index in [9.17, 15) is 0 Å². The number of pyridine rings is 1. The normalized spacial score (nSPS) is 11.9. The van der Waals surface area contributed by atoms with E-state index in [1.54, 1.807) is 0 Å². The molecule has 11 rings (SSSR count). The molecule has 52 heavy (non-hydrogen) atoms. The first-order valence-electron chi connectivity index (χ1n) is 17.7. The average molecular weight is 666 g/mol. The van der Waals surface area contributed by atoms with Gasteiger partial charge in [-0.05, 0) is 106 Å². The van der Waals surface area contributed by atoms with E-state index in [2.05, 4.69) is 167 Å². The number of benzene rings is 7. The number of nitrogens with zero attached hydrogens (tertiary/aromatic N) is 3. The highest BCUT2D eigenvalue weighted by molar-refractivity contribution is 6.13. The fourth-order valence-corrected chi connectivity index (χ4v) is 8.26. The number of hydrogen-bond donors (Lipinski definition) is 0. The van der Waals surface area contributed by atoms with Crippen LogP contribution in [0.2, 0.25) is 0 Å². The Balaban J connectivity index is 1.10. The van der Waals surface area contributed by atoms with Gasteiger partial charge in [-0.25, -0.2) is 0 Å². The van der Waals surface area contributed by atoms with Crippen LogP contribution in [0.3, 0.4) is 0 Å². The lowest BCUT2D eigenvalue weighted by atomic mass is 9.96. The second kappa shape index (κ2) is 11.0. The number of rotatable bonds is 4. The first-order chi connectivity index (χ1) is 25.7. The van der Waals surface area contributed by atoms with Crippen molar-refractivity contribution in [2.45, 2.75) is 0 Å². The lowest BCUT2D eigenvalue weighted by Gasteiger charge is -2.10. The molecule has 0 saturated carbocycles. The molecule has 0 atom stereocenters. The Morgan fingerprint density at radius 1 is 0.404 bits per heavy atom. The fourth-order valence-electron chi connectivity index (χ4n) is 8.26. The maximum atomic E-state index is 6.12. The summed E-state index contributed by atoms with van der Waals surface area (Å²) in [6.07, 6.45) is 3.85. The smallest absolute Gasteiger partial charge is 0.135 e. The second-order valence-corrected chi connectivity index (χ2v) is 13.7. The molecule has 0 N–H and O–H groups in total. The Bertz CT molecular complexity index is 3200. The van der Waals surface area contributed by atoms with Gasteiger partial charge in [0.1, 0.15) is 11.2 Å². The highest BCUT2D eigenvalue weighted by Crippen LogP contribution is 2.40. The summed E-state index contributed by atoms with van der Waals surface area (Å²) in [6.45, 7) is 0. The van der Waals surface area contributed by atoms with Crippen LogP contribution in [0.4, 0.5) is 0 Å². The van der Waals surface area contributed by atoms with Crippen molar-refractivity contribution >= 4 is 65.6 Å². The van der Waals surface area contributed by atoms with E-state index in [4.69, 9.17) is 4.42 Å². The highest BCUT2D eigenvalue weighted by atomic mass is 16.3. The third-order valence-electron chi connectivity index (χ3n) is 10.8. The standard InChI is InChI=1S/C48H31N3O/c1-50-43-20-17-36(28-40(43)42-29-49-23-22-44(42)50)51-45-18-14-33(30-8-3-2-4-9-30)25-38(45)39-26-34(15-19-46(39)51)31-10-7-11-32(24-31)35-16-21-48-41(27-35)37-12-5-6-13-47(37)52-48/h2-29H,1H3. The zero-order valence-electron chi connectivity index (χ0n) is 28.4. The Labute approximate surface area is 299 Å². The summed E-state index contributed by atoms with van der Waals surface area (Å²) in [6, 6.07) is 57.0. The minimum atomic E-state index is 0.911. The van der Waals surface area contributed by atoms with Gasteiger partial charge in [0.2, 0.25) is 0 Å².